The van der Waals surface area contributed by atoms with Gasteiger partial charge < -0.3 is 9.79 Å². The monoisotopic (exact) mass is 289 g/mol. The van der Waals surface area contributed by atoms with E-state index in [0.717, 1.165) is 12.8 Å². The Morgan fingerprint density at radius 3 is 1.65 bits per heavy atom. The largest absolute Gasteiger partial charge is 0.692 e. The van der Waals surface area contributed by atoms with Crippen molar-refractivity contribution in [2.24, 2.45) is 0 Å². The lowest BCUT2D eigenvalue weighted by Gasteiger charge is -2.03. The minimum Gasteiger partial charge on any atom is -0.324 e. The zero-order chi connectivity index (χ0) is 13.7. The summed E-state index contributed by atoms with van der Waals surface area (Å²) in [6.07, 6.45) is 7.76. The van der Waals surface area contributed by atoms with Gasteiger partial charge in [0.15, 0.2) is 0 Å². The summed E-state index contributed by atoms with van der Waals surface area (Å²) < 4.78 is 19.2. The Labute approximate surface area is 103 Å². The van der Waals surface area contributed by atoms with Crippen molar-refractivity contribution in [3.8, 4) is 0 Å². The van der Waals surface area contributed by atoms with Crippen molar-refractivity contribution in [1.82, 2.24) is 0 Å². The van der Waals surface area contributed by atoms with Crippen LogP contribution >= 0.6 is 15.9 Å². The fourth-order valence-electron chi connectivity index (χ4n) is 1.27. The molecule has 0 atom stereocenters. The zero-order valence-corrected chi connectivity index (χ0v) is 11.9. The summed E-state index contributed by atoms with van der Waals surface area (Å²) in [5.74, 6) is 0. The third kappa shape index (κ3) is 31.4. The fraction of sp³-hybridized carbons (Fsp3) is 1.00. The van der Waals surface area contributed by atoms with Gasteiger partial charge in [-0.3, -0.25) is 4.57 Å². The van der Waals surface area contributed by atoms with E-state index in [-0.39, 0.29) is 6.16 Å². The highest BCUT2D eigenvalue weighted by molar-refractivity contribution is 7.51. The van der Waals surface area contributed by atoms with Crippen molar-refractivity contribution < 1.29 is 28.7 Å². The Bertz CT molecular complexity index is 224. The van der Waals surface area contributed by atoms with E-state index in [0.29, 0.717) is 6.42 Å². The summed E-state index contributed by atoms with van der Waals surface area (Å²) in [5, 5.41) is 0. The van der Waals surface area contributed by atoms with Gasteiger partial charge in [-0.25, -0.2) is 0 Å². The van der Waals surface area contributed by atoms with Crippen molar-refractivity contribution in [2.45, 2.75) is 51.9 Å². The number of hydrogen-bond donors (Lipinski definition) is 4. The lowest BCUT2D eigenvalue weighted by Crippen LogP contribution is -1.88. The maximum atomic E-state index is 10.5. The van der Waals surface area contributed by atoms with Gasteiger partial charge in [0.1, 0.15) is 0 Å². The van der Waals surface area contributed by atoms with E-state index < -0.39 is 15.9 Å². The molecule has 0 saturated carbocycles. The summed E-state index contributed by atoms with van der Waals surface area (Å²) in [7, 11) is -6.60. The Morgan fingerprint density at radius 2 is 1.29 bits per heavy atom. The molecule has 104 valence electrons. The van der Waals surface area contributed by atoms with Gasteiger partial charge in [-0.05, 0) is 6.42 Å². The Hall–Kier alpha value is 0.170. The second-order valence-electron chi connectivity index (χ2n) is 3.76. The first-order valence-corrected chi connectivity index (χ1v) is 8.65. The standard InChI is InChI=1S/C9H21O3P.HO3P/c1-2-3-4-5-6-7-8-9-13(10,11)12;1-4(2)3/h2-9H2,1H3,(H2,10,11,12);(H-,1,2,3)/p+1. The molecule has 0 fully saturated rings. The molecule has 0 aromatic carbocycles. The van der Waals surface area contributed by atoms with Crippen molar-refractivity contribution in [3.05, 3.63) is 0 Å². The van der Waals surface area contributed by atoms with Gasteiger partial charge in [-0.15, -0.1) is 9.79 Å². The van der Waals surface area contributed by atoms with Crippen LogP contribution in [-0.4, -0.2) is 25.7 Å². The van der Waals surface area contributed by atoms with Gasteiger partial charge in [-0.1, -0.05) is 45.4 Å². The van der Waals surface area contributed by atoms with E-state index in [9.17, 15) is 4.57 Å². The van der Waals surface area contributed by atoms with Gasteiger partial charge in [0, 0.05) is 10.7 Å². The molecule has 0 aromatic heterocycles. The van der Waals surface area contributed by atoms with Gasteiger partial charge >= 0.3 is 15.9 Å². The second kappa shape index (κ2) is 12.6. The molecule has 4 N–H and O–H groups in total. The van der Waals surface area contributed by atoms with Crippen LogP contribution < -0.4 is 0 Å². The van der Waals surface area contributed by atoms with Crippen LogP contribution in [0, 0.1) is 0 Å². The maximum absolute atomic E-state index is 10.5. The molecule has 0 aliphatic carbocycles. The first kappa shape index (κ1) is 19.5. The number of unbranched alkanes of at least 4 members (excludes halogenated alkanes) is 6. The third-order valence-corrected chi connectivity index (χ3v) is 2.95. The molecule has 0 radical (unpaired) electrons. The Balaban J connectivity index is 0. The predicted octanol–water partition coefficient (Wildman–Crippen LogP) is 2.54. The SMILES string of the molecule is CCCCCCCCCP(=O)(O)O.O=[P+](O)O. The van der Waals surface area contributed by atoms with E-state index in [1.807, 2.05) is 0 Å². The maximum Gasteiger partial charge on any atom is 0.692 e. The molecule has 8 heteroatoms. The lowest BCUT2D eigenvalue weighted by molar-refractivity contribution is 0.370. The number of hydrogen-bond acceptors (Lipinski definition) is 2. The molecule has 0 spiro atoms. The average Bonchev–Trinajstić information content (AvgIpc) is 2.14. The smallest absolute Gasteiger partial charge is 0.324 e. The minimum atomic E-state index is -3.73. The molecule has 0 heterocycles. The Kier molecular flexibility index (Phi) is 14.5. The molecule has 17 heavy (non-hydrogen) atoms. The van der Waals surface area contributed by atoms with Crippen molar-refractivity contribution >= 4 is 15.9 Å². The summed E-state index contributed by atoms with van der Waals surface area (Å²) in [4.78, 5) is 31.4. The fourth-order valence-corrected chi connectivity index (χ4v) is 1.91. The van der Waals surface area contributed by atoms with Crippen LogP contribution in [0.5, 0.6) is 0 Å². The topological polar surface area (TPSA) is 115 Å². The zero-order valence-electron chi connectivity index (χ0n) is 10.2. The van der Waals surface area contributed by atoms with Crippen LogP contribution in [0.25, 0.3) is 0 Å². The van der Waals surface area contributed by atoms with Crippen LogP contribution in [-0.2, 0) is 9.13 Å². The molecule has 0 aliphatic heterocycles. The molecule has 0 unspecified atom stereocenters. The van der Waals surface area contributed by atoms with Crippen LogP contribution in [0.15, 0.2) is 0 Å². The van der Waals surface area contributed by atoms with Crippen molar-refractivity contribution in [1.29, 1.82) is 0 Å². The highest BCUT2D eigenvalue weighted by Gasteiger charge is 2.10. The average molecular weight is 289 g/mol. The van der Waals surface area contributed by atoms with Crippen molar-refractivity contribution in [3.63, 3.8) is 0 Å². The van der Waals surface area contributed by atoms with Crippen molar-refractivity contribution in [2.75, 3.05) is 6.16 Å². The lowest BCUT2D eigenvalue weighted by atomic mass is 10.1. The highest BCUT2D eigenvalue weighted by atomic mass is 31.2. The highest BCUT2D eigenvalue weighted by Crippen LogP contribution is 2.35. The third-order valence-electron chi connectivity index (χ3n) is 2.05. The van der Waals surface area contributed by atoms with Crippen LogP contribution in [0.1, 0.15) is 51.9 Å². The molecule has 0 aromatic rings. The van der Waals surface area contributed by atoms with E-state index in [1.165, 1.54) is 25.7 Å². The van der Waals surface area contributed by atoms with Crippen LogP contribution in [0.4, 0.5) is 0 Å². The van der Waals surface area contributed by atoms with E-state index >= 15 is 0 Å². The molecule has 0 bridgehead atoms. The van der Waals surface area contributed by atoms with Gasteiger partial charge in [-0.2, -0.15) is 0 Å². The normalized spacial score (nSPS) is 10.6. The number of rotatable bonds is 8. The quantitative estimate of drug-likeness (QED) is 0.403. The van der Waals surface area contributed by atoms with E-state index in [1.54, 1.807) is 0 Å². The molecular weight excluding hydrogens is 266 g/mol. The first-order valence-electron chi connectivity index (χ1n) is 5.69. The summed E-state index contributed by atoms with van der Waals surface area (Å²) in [5.41, 5.74) is 0. The molecular formula is C9H23O6P2+. The summed E-state index contributed by atoms with van der Waals surface area (Å²) >= 11 is 0. The second-order valence-corrected chi connectivity index (χ2v) is 6.04. The van der Waals surface area contributed by atoms with Gasteiger partial charge in [0.25, 0.3) is 0 Å². The predicted molar refractivity (Wildman–Crippen MR) is 66.9 cm³/mol. The van der Waals surface area contributed by atoms with Crippen LogP contribution in [0.2, 0.25) is 0 Å². The molecule has 6 nitrogen and oxygen atoms in total. The molecule has 0 amide bonds. The summed E-state index contributed by atoms with van der Waals surface area (Å²) in [6.45, 7) is 2.17. The van der Waals surface area contributed by atoms with E-state index in [4.69, 9.17) is 24.1 Å². The molecule has 0 aliphatic rings. The van der Waals surface area contributed by atoms with Gasteiger partial charge in [0.2, 0.25) is 0 Å². The van der Waals surface area contributed by atoms with Crippen LogP contribution in [0.3, 0.4) is 0 Å². The Morgan fingerprint density at radius 1 is 0.941 bits per heavy atom. The minimum absolute atomic E-state index is 0.0563. The first-order chi connectivity index (χ1) is 7.79. The van der Waals surface area contributed by atoms with Gasteiger partial charge in [0.05, 0.1) is 0 Å². The van der Waals surface area contributed by atoms with E-state index in [2.05, 4.69) is 6.92 Å². The summed E-state index contributed by atoms with van der Waals surface area (Å²) in [6, 6.07) is 0. The molecule has 0 saturated heterocycles. The molecule has 0 rings (SSSR count).